The molecule has 43 heavy (non-hydrogen) atoms. The van der Waals surface area contributed by atoms with Crippen molar-refractivity contribution >= 4 is 63.8 Å². The monoisotopic (exact) mass is 560 g/mol. The summed E-state index contributed by atoms with van der Waals surface area (Å²) >= 11 is 1.94. The lowest BCUT2D eigenvalue weighted by atomic mass is 9.85. The predicted molar refractivity (Wildman–Crippen MR) is 187 cm³/mol. The van der Waals surface area contributed by atoms with Gasteiger partial charge in [0.2, 0.25) is 0 Å². The summed E-state index contributed by atoms with van der Waals surface area (Å²) in [7, 11) is 0. The third-order valence-corrected chi connectivity index (χ3v) is 10.6. The molecule has 1 aliphatic carbocycles. The highest BCUT2D eigenvalue weighted by Gasteiger charge is 2.25. The molecule has 0 saturated heterocycles. The number of fused-ring (bicyclic) bond motifs is 4. The van der Waals surface area contributed by atoms with Gasteiger partial charge in [0.25, 0.3) is 0 Å². The van der Waals surface area contributed by atoms with Crippen LogP contribution < -0.4 is 0 Å². The summed E-state index contributed by atoms with van der Waals surface area (Å²) in [6, 6.07) is 54.0. The van der Waals surface area contributed by atoms with Crippen LogP contribution in [0.1, 0.15) is 0 Å². The van der Waals surface area contributed by atoms with Crippen LogP contribution in [0, 0.1) is 0 Å². The fraction of sp³-hybridized carbons (Fsp3) is 0. The SMILES string of the molecule is c1ccc(-c2c3ccccc3c(-c3ccc4c5c3sc3cccc(c35)-c3cccc5cccc-4c35)c3ccccc23)cc1. The van der Waals surface area contributed by atoms with Gasteiger partial charge in [0.1, 0.15) is 0 Å². The Labute approximate surface area is 253 Å². The molecule has 0 bridgehead atoms. The van der Waals surface area contributed by atoms with Crippen LogP contribution in [0.3, 0.4) is 0 Å². The molecular weight excluding hydrogens is 537 g/mol. The minimum Gasteiger partial charge on any atom is -0.134 e. The van der Waals surface area contributed by atoms with E-state index in [-0.39, 0.29) is 0 Å². The molecule has 0 atom stereocenters. The van der Waals surface area contributed by atoms with E-state index in [0.29, 0.717) is 0 Å². The van der Waals surface area contributed by atoms with E-state index in [4.69, 9.17) is 0 Å². The Hall–Kier alpha value is -5.24. The molecule has 0 saturated carbocycles. The molecule has 0 fully saturated rings. The lowest BCUT2D eigenvalue weighted by Crippen LogP contribution is -1.91. The van der Waals surface area contributed by atoms with Crippen molar-refractivity contribution in [2.24, 2.45) is 0 Å². The van der Waals surface area contributed by atoms with Crippen molar-refractivity contribution in [3.8, 4) is 44.5 Å². The Balaban J connectivity index is 1.40. The zero-order chi connectivity index (χ0) is 28.1. The van der Waals surface area contributed by atoms with Crippen molar-refractivity contribution in [2.45, 2.75) is 0 Å². The van der Waals surface area contributed by atoms with Crippen LogP contribution in [-0.2, 0) is 0 Å². The van der Waals surface area contributed by atoms with Gasteiger partial charge in [-0.3, -0.25) is 0 Å². The van der Waals surface area contributed by atoms with E-state index < -0.39 is 0 Å². The summed E-state index contributed by atoms with van der Waals surface area (Å²) in [5, 5.41) is 10.6. The van der Waals surface area contributed by atoms with Gasteiger partial charge < -0.3 is 0 Å². The lowest BCUT2D eigenvalue weighted by molar-refractivity contribution is 1.67. The molecule has 1 heterocycles. The summed E-state index contributed by atoms with van der Waals surface area (Å²) in [6.45, 7) is 0. The molecule has 0 N–H and O–H groups in total. The van der Waals surface area contributed by atoms with Crippen LogP contribution in [0.2, 0.25) is 0 Å². The average molecular weight is 561 g/mol. The molecule has 0 aliphatic heterocycles. The molecule has 1 heteroatoms. The normalized spacial score (nSPS) is 12.2. The Bertz CT molecular complexity index is 2540. The van der Waals surface area contributed by atoms with E-state index in [2.05, 4.69) is 146 Å². The van der Waals surface area contributed by atoms with Crippen molar-refractivity contribution < 1.29 is 0 Å². The first-order chi connectivity index (χ1) is 21.4. The molecule has 0 amide bonds. The Morgan fingerprint density at radius 1 is 0.326 bits per heavy atom. The van der Waals surface area contributed by atoms with E-state index in [1.54, 1.807) is 0 Å². The van der Waals surface area contributed by atoms with Gasteiger partial charge in [-0.2, -0.15) is 0 Å². The maximum atomic E-state index is 2.40. The minimum atomic E-state index is 1.25. The van der Waals surface area contributed by atoms with E-state index in [1.165, 1.54) is 97.0 Å². The van der Waals surface area contributed by atoms with Gasteiger partial charge in [0.05, 0.1) is 0 Å². The Morgan fingerprint density at radius 3 is 1.49 bits per heavy atom. The third kappa shape index (κ3) is 3.10. The number of hydrogen-bond donors (Lipinski definition) is 0. The standard InChI is InChI=1S/C42H24S/c1-2-11-25(12-3-1)37-27-15-4-6-17-31(27)39(32-18-7-5-16-28(32)37)35-24-23-34-30-20-9-14-26-13-8-19-29(38(26)30)33-21-10-22-36-40(33)41(34)42(35)43-36/h1-24H. The Morgan fingerprint density at radius 2 is 0.837 bits per heavy atom. The third-order valence-electron chi connectivity index (χ3n) is 9.39. The molecule has 1 aliphatic rings. The smallest absolute Gasteiger partial charge is 0.0440 e. The summed E-state index contributed by atoms with van der Waals surface area (Å²) < 4.78 is 2.72. The number of hydrogen-bond acceptors (Lipinski definition) is 1. The molecule has 198 valence electrons. The molecule has 0 unspecified atom stereocenters. The molecule has 0 spiro atoms. The van der Waals surface area contributed by atoms with Gasteiger partial charge in [-0.1, -0.05) is 140 Å². The van der Waals surface area contributed by atoms with Crippen molar-refractivity contribution in [3.05, 3.63) is 146 Å². The highest BCUT2D eigenvalue weighted by atomic mass is 32.1. The fourth-order valence-corrected chi connectivity index (χ4v) is 8.97. The molecule has 1 aromatic heterocycles. The maximum absolute atomic E-state index is 2.40. The maximum Gasteiger partial charge on any atom is 0.0440 e. The van der Waals surface area contributed by atoms with Crippen LogP contribution in [0.4, 0.5) is 0 Å². The van der Waals surface area contributed by atoms with E-state index in [0.717, 1.165) is 0 Å². The van der Waals surface area contributed by atoms with Crippen molar-refractivity contribution in [3.63, 3.8) is 0 Å². The summed E-state index contributed by atoms with van der Waals surface area (Å²) in [5.41, 5.74) is 10.5. The number of rotatable bonds is 2. The molecular formula is C42H24S. The zero-order valence-electron chi connectivity index (χ0n) is 23.3. The van der Waals surface area contributed by atoms with Crippen LogP contribution in [0.15, 0.2) is 146 Å². The second kappa shape index (κ2) is 8.64. The number of benzene rings is 8. The Kier molecular flexibility index (Phi) is 4.69. The van der Waals surface area contributed by atoms with Gasteiger partial charge in [-0.15, -0.1) is 11.3 Å². The van der Waals surface area contributed by atoms with Gasteiger partial charge in [0, 0.05) is 25.7 Å². The summed E-state index contributed by atoms with van der Waals surface area (Å²) in [6.07, 6.45) is 0. The van der Waals surface area contributed by atoms with E-state index >= 15 is 0 Å². The van der Waals surface area contributed by atoms with Crippen LogP contribution >= 0.6 is 11.3 Å². The molecule has 8 aromatic carbocycles. The fourth-order valence-electron chi connectivity index (χ4n) is 7.69. The second-order valence-corrected chi connectivity index (χ2v) is 12.6. The molecule has 9 aromatic rings. The highest BCUT2D eigenvalue weighted by Crippen LogP contribution is 2.54. The highest BCUT2D eigenvalue weighted by molar-refractivity contribution is 7.26. The quantitative estimate of drug-likeness (QED) is 0.184. The van der Waals surface area contributed by atoms with Crippen molar-refractivity contribution in [1.29, 1.82) is 0 Å². The van der Waals surface area contributed by atoms with Crippen molar-refractivity contribution in [2.75, 3.05) is 0 Å². The first-order valence-corrected chi connectivity index (χ1v) is 15.7. The summed E-state index contributed by atoms with van der Waals surface area (Å²) in [5.74, 6) is 0. The summed E-state index contributed by atoms with van der Waals surface area (Å²) in [4.78, 5) is 0. The topological polar surface area (TPSA) is 0 Å². The minimum absolute atomic E-state index is 1.25. The van der Waals surface area contributed by atoms with Gasteiger partial charge in [0.15, 0.2) is 0 Å². The van der Waals surface area contributed by atoms with Gasteiger partial charge >= 0.3 is 0 Å². The second-order valence-electron chi connectivity index (χ2n) is 11.6. The van der Waals surface area contributed by atoms with Gasteiger partial charge in [-0.05, 0) is 77.3 Å². The van der Waals surface area contributed by atoms with Gasteiger partial charge in [-0.25, -0.2) is 0 Å². The first-order valence-electron chi connectivity index (χ1n) is 14.9. The average Bonchev–Trinajstić information content (AvgIpc) is 3.41. The van der Waals surface area contributed by atoms with Crippen LogP contribution in [0.5, 0.6) is 0 Å². The largest absolute Gasteiger partial charge is 0.134 e. The van der Waals surface area contributed by atoms with Crippen molar-refractivity contribution in [1.82, 2.24) is 0 Å². The van der Waals surface area contributed by atoms with E-state index in [9.17, 15) is 0 Å². The molecule has 0 radical (unpaired) electrons. The molecule has 10 rings (SSSR count). The van der Waals surface area contributed by atoms with E-state index in [1.807, 2.05) is 11.3 Å². The lowest BCUT2D eigenvalue weighted by Gasteiger charge is -2.18. The predicted octanol–water partition coefficient (Wildman–Crippen LogP) is 12.5. The molecule has 0 nitrogen and oxygen atoms in total. The zero-order valence-corrected chi connectivity index (χ0v) is 24.1. The van der Waals surface area contributed by atoms with Crippen LogP contribution in [0.25, 0.3) is 97.0 Å². The van der Waals surface area contributed by atoms with Crippen LogP contribution in [-0.4, -0.2) is 0 Å². The number of thiophene rings is 1. The first kappa shape index (κ1) is 23.3.